The van der Waals surface area contributed by atoms with E-state index in [0.717, 1.165) is 25.1 Å². The topological polar surface area (TPSA) is 71.1 Å². The lowest BCUT2D eigenvalue weighted by molar-refractivity contribution is 0.575. The molecule has 1 aromatic rings. The van der Waals surface area contributed by atoms with E-state index in [9.17, 15) is 8.42 Å². The highest BCUT2D eigenvalue weighted by molar-refractivity contribution is 8.00. The van der Waals surface area contributed by atoms with Crippen molar-refractivity contribution in [3.8, 4) is 0 Å². The van der Waals surface area contributed by atoms with E-state index >= 15 is 0 Å². The van der Waals surface area contributed by atoms with Crippen LogP contribution in [0.3, 0.4) is 0 Å². The molecule has 0 aliphatic carbocycles. The zero-order valence-electron chi connectivity index (χ0n) is 11.6. The van der Waals surface area contributed by atoms with E-state index in [4.69, 9.17) is 0 Å². The molecule has 1 aromatic heterocycles. The highest BCUT2D eigenvalue weighted by atomic mass is 32.2. The molecule has 2 rings (SSSR count). The second-order valence-corrected chi connectivity index (χ2v) is 7.86. The van der Waals surface area contributed by atoms with Gasteiger partial charge in [0.1, 0.15) is 0 Å². The minimum atomic E-state index is -3.55. The van der Waals surface area contributed by atoms with Gasteiger partial charge < -0.3 is 5.32 Å². The first-order chi connectivity index (χ1) is 9.63. The van der Waals surface area contributed by atoms with Crippen LogP contribution in [-0.4, -0.2) is 37.5 Å². The maximum atomic E-state index is 12.3. The van der Waals surface area contributed by atoms with Crippen molar-refractivity contribution in [3.63, 3.8) is 0 Å². The largest absolute Gasteiger partial charge is 0.383 e. The third-order valence-corrected chi connectivity index (χ3v) is 5.90. The normalized spacial score (nSPS) is 19.1. The summed E-state index contributed by atoms with van der Waals surface area (Å²) in [4.78, 5) is 4.03. The molecule has 1 unspecified atom stereocenters. The van der Waals surface area contributed by atoms with Crippen LogP contribution in [-0.2, 0) is 10.0 Å². The maximum Gasteiger partial charge on any atom is 0.260 e. The first-order valence-corrected chi connectivity index (χ1v) is 9.47. The van der Waals surface area contributed by atoms with Gasteiger partial charge in [-0.15, -0.1) is 0 Å². The molecule has 5 nitrogen and oxygen atoms in total. The van der Waals surface area contributed by atoms with E-state index in [1.807, 2.05) is 18.7 Å². The van der Waals surface area contributed by atoms with Gasteiger partial charge in [0.15, 0.2) is 5.03 Å². The van der Waals surface area contributed by atoms with Crippen molar-refractivity contribution in [3.05, 3.63) is 18.3 Å². The van der Waals surface area contributed by atoms with Gasteiger partial charge in [0.05, 0.1) is 5.69 Å². The SMILES string of the molecule is CCCNc1cccnc1S(=O)(=O)NCC1CCCS1. The van der Waals surface area contributed by atoms with Gasteiger partial charge in [-0.25, -0.2) is 18.1 Å². The zero-order valence-corrected chi connectivity index (χ0v) is 13.3. The highest BCUT2D eigenvalue weighted by Crippen LogP contribution is 2.26. The van der Waals surface area contributed by atoms with Crippen LogP contribution < -0.4 is 10.0 Å². The standard InChI is InChI=1S/C13H21N3O2S2/c1-2-7-14-12-6-3-8-15-13(12)20(17,18)16-10-11-5-4-9-19-11/h3,6,8,11,14,16H,2,4-5,7,9-10H2,1H3. The third kappa shape index (κ3) is 4.10. The Hall–Kier alpha value is -0.790. The van der Waals surface area contributed by atoms with Gasteiger partial charge >= 0.3 is 0 Å². The smallest absolute Gasteiger partial charge is 0.260 e. The van der Waals surface area contributed by atoms with Crippen LogP contribution in [0.4, 0.5) is 5.69 Å². The fourth-order valence-electron chi connectivity index (χ4n) is 2.08. The summed E-state index contributed by atoms with van der Waals surface area (Å²) < 4.78 is 27.4. The van der Waals surface area contributed by atoms with E-state index in [1.54, 1.807) is 12.1 Å². The fraction of sp³-hybridized carbons (Fsp3) is 0.615. The van der Waals surface area contributed by atoms with Crippen molar-refractivity contribution in [2.24, 2.45) is 0 Å². The Morgan fingerprint density at radius 3 is 3.05 bits per heavy atom. The van der Waals surface area contributed by atoms with Crippen LogP contribution in [0, 0.1) is 0 Å². The van der Waals surface area contributed by atoms with Crippen LogP contribution in [0.5, 0.6) is 0 Å². The minimum absolute atomic E-state index is 0.0939. The molecule has 0 spiro atoms. The first-order valence-electron chi connectivity index (χ1n) is 6.93. The fourth-order valence-corrected chi connectivity index (χ4v) is 4.57. The van der Waals surface area contributed by atoms with Crippen molar-refractivity contribution >= 4 is 27.5 Å². The Balaban J connectivity index is 2.07. The van der Waals surface area contributed by atoms with Crippen molar-refractivity contribution in [2.75, 3.05) is 24.2 Å². The van der Waals surface area contributed by atoms with Crippen LogP contribution in [0.25, 0.3) is 0 Å². The van der Waals surface area contributed by atoms with Gasteiger partial charge in [-0.05, 0) is 37.1 Å². The molecule has 2 heterocycles. The Bertz CT molecular complexity index is 528. The molecule has 1 saturated heterocycles. The summed E-state index contributed by atoms with van der Waals surface area (Å²) in [7, 11) is -3.55. The molecule has 0 amide bonds. The van der Waals surface area contributed by atoms with Gasteiger partial charge in [0.25, 0.3) is 10.0 Å². The molecule has 7 heteroatoms. The number of pyridine rings is 1. The van der Waals surface area contributed by atoms with Gasteiger partial charge in [-0.3, -0.25) is 0 Å². The van der Waals surface area contributed by atoms with Gasteiger partial charge in [0, 0.05) is 24.5 Å². The molecule has 1 atom stereocenters. The number of nitrogens with one attached hydrogen (secondary N) is 2. The lowest BCUT2D eigenvalue weighted by Crippen LogP contribution is -2.31. The molecule has 112 valence electrons. The van der Waals surface area contributed by atoms with Crippen molar-refractivity contribution in [1.29, 1.82) is 0 Å². The molecule has 20 heavy (non-hydrogen) atoms. The molecular formula is C13H21N3O2S2. The summed E-state index contributed by atoms with van der Waals surface area (Å²) in [5.41, 5.74) is 0.570. The number of thioether (sulfide) groups is 1. The zero-order chi connectivity index (χ0) is 14.4. The molecular weight excluding hydrogens is 294 g/mol. The van der Waals surface area contributed by atoms with E-state index in [2.05, 4.69) is 15.0 Å². The average Bonchev–Trinajstić information content (AvgIpc) is 2.97. The summed E-state index contributed by atoms with van der Waals surface area (Å²) in [6, 6.07) is 3.49. The summed E-state index contributed by atoms with van der Waals surface area (Å²) in [5.74, 6) is 1.12. The van der Waals surface area contributed by atoms with E-state index < -0.39 is 10.0 Å². The van der Waals surface area contributed by atoms with Gasteiger partial charge in [-0.2, -0.15) is 11.8 Å². The van der Waals surface area contributed by atoms with E-state index in [-0.39, 0.29) is 5.03 Å². The molecule has 1 fully saturated rings. The van der Waals surface area contributed by atoms with Gasteiger partial charge in [-0.1, -0.05) is 6.92 Å². The van der Waals surface area contributed by atoms with Crippen LogP contribution in [0.15, 0.2) is 23.4 Å². The lowest BCUT2D eigenvalue weighted by Gasteiger charge is -2.13. The van der Waals surface area contributed by atoms with Crippen molar-refractivity contribution in [1.82, 2.24) is 9.71 Å². The third-order valence-electron chi connectivity index (χ3n) is 3.12. The Labute approximate surface area is 125 Å². The van der Waals surface area contributed by atoms with Crippen molar-refractivity contribution in [2.45, 2.75) is 36.5 Å². The molecule has 0 aromatic carbocycles. The summed E-state index contributed by atoms with van der Waals surface area (Å²) in [5, 5.41) is 3.59. The summed E-state index contributed by atoms with van der Waals surface area (Å²) >= 11 is 1.83. The quantitative estimate of drug-likeness (QED) is 0.806. The van der Waals surface area contributed by atoms with E-state index in [1.165, 1.54) is 12.6 Å². The van der Waals surface area contributed by atoms with Crippen LogP contribution >= 0.6 is 11.8 Å². The number of nitrogens with zero attached hydrogens (tertiary/aromatic N) is 1. The molecule has 0 saturated carbocycles. The van der Waals surface area contributed by atoms with Crippen molar-refractivity contribution < 1.29 is 8.42 Å². The molecule has 0 bridgehead atoms. The second-order valence-electron chi connectivity index (χ2n) is 4.77. The maximum absolute atomic E-state index is 12.3. The monoisotopic (exact) mass is 315 g/mol. The highest BCUT2D eigenvalue weighted by Gasteiger charge is 2.23. The number of hydrogen-bond acceptors (Lipinski definition) is 5. The lowest BCUT2D eigenvalue weighted by atomic mass is 10.2. The molecule has 2 N–H and O–H groups in total. The minimum Gasteiger partial charge on any atom is -0.383 e. The first kappa shape index (κ1) is 15.6. The molecule has 1 aliphatic rings. The number of sulfonamides is 1. The summed E-state index contributed by atoms with van der Waals surface area (Å²) in [6.45, 7) is 3.25. The van der Waals surface area contributed by atoms with E-state index in [0.29, 0.717) is 17.5 Å². The number of aromatic nitrogens is 1. The molecule has 1 aliphatic heterocycles. The number of hydrogen-bond donors (Lipinski definition) is 2. The van der Waals surface area contributed by atoms with Crippen LogP contribution in [0.2, 0.25) is 0 Å². The second kappa shape index (κ2) is 7.28. The number of rotatable bonds is 7. The Kier molecular flexibility index (Phi) is 5.68. The Morgan fingerprint density at radius 2 is 2.35 bits per heavy atom. The average molecular weight is 315 g/mol. The van der Waals surface area contributed by atoms with Gasteiger partial charge in [0.2, 0.25) is 0 Å². The summed E-state index contributed by atoms with van der Waals surface area (Å²) in [6.07, 6.45) is 4.69. The predicted molar refractivity (Wildman–Crippen MR) is 83.7 cm³/mol. The Morgan fingerprint density at radius 1 is 1.50 bits per heavy atom. The van der Waals surface area contributed by atoms with Crippen LogP contribution in [0.1, 0.15) is 26.2 Å². The molecule has 0 radical (unpaired) electrons. The number of anilines is 1. The predicted octanol–water partition coefficient (Wildman–Crippen LogP) is 2.08.